The molecule has 0 aliphatic carbocycles. The van der Waals surface area contributed by atoms with Gasteiger partial charge in [-0.05, 0) is 0 Å². The molecule has 0 aromatic heterocycles. The maximum Gasteiger partial charge on any atom is 3.00 e. The Kier molecular flexibility index (Phi) is 51.5. The monoisotopic (exact) mass is 405 g/mol. The molecule has 0 spiro atoms. The van der Waals surface area contributed by atoms with E-state index in [0.29, 0.717) is 0 Å². The fourth-order valence-corrected chi connectivity index (χ4v) is 0. The molecule has 97 valence electrons. The summed E-state index contributed by atoms with van der Waals surface area (Å²) in [5, 5.41) is 0. The molecule has 0 aliphatic heterocycles. The van der Waals surface area contributed by atoms with Crippen LogP contribution in [0.3, 0.4) is 0 Å². The van der Waals surface area contributed by atoms with Gasteiger partial charge in [-0.3, -0.25) is 13.0 Å². The first kappa shape index (κ1) is 44.5. The molecule has 0 aromatic rings. The molecule has 0 aliphatic rings. The van der Waals surface area contributed by atoms with E-state index in [-0.39, 0.29) is 63.7 Å². The van der Waals surface area contributed by atoms with Gasteiger partial charge in [-0.2, -0.15) is 0 Å². The van der Waals surface area contributed by atoms with Crippen LogP contribution in [-0.2, 0) is 20.8 Å². The summed E-state index contributed by atoms with van der Waals surface area (Å²) >= 11 is 0. The third-order valence-corrected chi connectivity index (χ3v) is 0. The van der Waals surface area contributed by atoms with Crippen LogP contribution in [0.5, 0.6) is 0 Å². The van der Waals surface area contributed by atoms with Crippen molar-refractivity contribution in [2.45, 2.75) is 0 Å². The molecular weight excluding hydrogens is 396 g/mol. The molecule has 0 bridgehead atoms. The van der Waals surface area contributed by atoms with Crippen molar-refractivity contribution in [3.63, 3.8) is 0 Å². The summed E-state index contributed by atoms with van der Waals surface area (Å²) in [6.07, 6.45) is 0. The first-order valence-electron chi connectivity index (χ1n) is 1.35. The maximum atomic E-state index is 8.63. The molecule has 0 aromatic carbocycles. The van der Waals surface area contributed by atoms with Crippen LogP contribution in [0.1, 0.15) is 0 Å². The molecule has 15 heavy (non-hydrogen) atoms. The molecule has 15 heteroatoms. The Balaban J connectivity index is -0.0000000128. The van der Waals surface area contributed by atoms with Gasteiger partial charge >= 0.3 is 41.7 Å². The van der Waals surface area contributed by atoms with Crippen LogP contribution >= 0.6 is 0 Å². The van der Waals surface area contributed by atoms with Crippen molar-refractivity contribution >= 4 is 20.8 Å². The fraction of sp³-hybridized carbons (Fsp3) is 0. The Morgan fingerprint density at radius 2 is 0.733 bits per heavy atom. The summed E-state index contributed by atoms with van der Waals surface area (Å²) in [7, 11) is -10.1. The van der Waals surface area contributed by atoms with Crippen molar-refractivity contribution in [1.82, 2.24) is 0 Å². The molecule has 0 unspecified atom stereocenters. The third-order valence-electron chi connectivity index (χ3n) is 0. The molecule has 0 fully saturated rings. The van der Waals surface area contributed by atoms with Crippen LogP contribution in [0, 0.1) is 41.7 Å². The summed E-state index contributed by atoms with van der Waals surface area (Å²) in [6.45, 7) is 0. The zero-order chi connectivity index (χ0) is 9.00. The van der Waals surface area contributed by atoms with E-state index in [4.69, 9.17) is 35.0 Å². The first-order chi connectivity index (χ1) is 4.00. The van der Waals surface area contributed by atoms with E-state index in [0.717, 1.165) is 0 Å². The zero-order valence-electron chi connectivity index (χ0n) is 6.62. The van der Waals surface area contributed by atoms with Crippen molar-refractivity contribution < 1.29 is 98.7 Å². The molecule has 12 nitrogen and oxygen atoms in total. The molecule has 0 rings (SSSR count). The minimum atomic E-state index is -5.17. The van der Waals surface area contributed by atoms with Gasteiger partial charge in [0.15, 0.2) is 0 Å². The number of rotatable bonds is 0. The molecule has 0 atom stereocenters. The Morgan fingerprint density at radius 1 is 0.733 bits per heavy atom. The molecule has 0 saturated heterocycles. The minimum absolute atomic E-state index is 0. The van der Waals surface area contributed by atoms with Crippen molar-refractivity contribution in [2.24, 2.45) is 0 Å². The molecule has 0 heterocycles. The van der Waals surface area contributed by atoms with Gasteiger partial charge in [-0.15, -0.1) is 0 Å². The van der Waals surface area contributed by atoms with Crippen molar-refractivity contribution in [1.29, 1.82) is 0 Å². The summed E-state index contributed by atoms with van der Waals surface area (Å²) in [4.78, 5) is 0. The minimum Gasteiger partial charge on any atom is -0.759 e. The van der Waals surface area contributed by atoms with E-state index in [9.17, 15) is 0 Å². The van der Waals surface area contributed by atoms with E-state index in [1.54, 1.807) is 0 Å². The van der Waals surface area contributed by atoms with Gasteiger partial charge in [-0.1, -0.05) is 0 Å². The second-order valence-corrected chi connectivity index (χ2v) is 2.51. The zero-order valence-corrected chi connectivity index (χ0v) is 11.4. The standard InChI is InChI=1S/Ce.2H2O4S.4H2O/c;2*1-5(2,3)4;;;;/h;2*(H2,1,2,3,4);4*1H2/q+3;;;;;;/p-3. The summed E-state index contributed by atoms with van der Waals surface area (Å²) in [5.74, 6) is 0. The molecule has 0 saturated carbocycles. The summed E-state index contributed by atoms with van der Waals surface area (Å²) in [5.41, 5.74) is 0. The topological polar surface area (TPSA) is 284 Å². The Morgan fingerprint density at radius 3 is 0.733 bits per heavy atom. The Bertz CT molecular complexity index is 210. The quantitative estimate of drug-likeness (QED) is 0.298. The van der Waals surface area contributed by atoms with Gasteiger partial charge in [0.05, 0.1) is 0 Å². The predicted octanol–water partition coefficient (Wildman–Crippen LogP) is -5.63. The van der Waals surface area contributed by atoms with Crippen LogP contribution in [-0.4, -0.2) is 57.0 Å². The van der Waals surface area contributed by atoms with Crippen molar-refractivity contribution in [3.8, 4) is 0 Å². The van der Waals surface area contributed by atoms with E-state index in [1.165, 1.54) is 0 Å². The van der Waals surface area contributed by atoms with E-state index >= 15 is 0 Å². The average molecular weight is 405 g/mol. The van der Waals surface area contributed by atoms with Crippen LogP contribution in [0.2, 0.25) is 0 Å². The van der Waals surface area contributed by atoms with E-state index in [2.05, 4.69) is 0 Å². The molecule has 0 amide bonds. The average Bonchev–Trinajstić information content (AvgIpc) is 1.12. The van der Waals surface area contributed by atoms with Gasteiger partial charge in [-0.25, -0.2) is 8.42 Å². The fourth-order valence-electron chi connectivity index (χ4n) is 0. The van der Waals surface area contributed by atoms with E-state index in [1.807, 2.05) is 0 Å². The molecular formula is H9CeO12S2. The third kappa shape index (κ3) is 2740. The van der Waals surface area contributed by atoms with Crippen molar-refractivity contribution in [3.05, 3.63) is 0 Å². The van der Waals surface area contributed by atoms with Crippen LogP contribution in [0.15, 0.2) is 0 Å². The summed E-state index contributed by atoms with van der Waals surface area (Å²) in [6, 6.07) is 0. The van der Waals surface area contributed by atoms with Crippen LogP contribution in [0.25, 0.3) is 0 Å². The van der Waals surface area contributed by atoms with Gasteiger partial charge in [0.1, 0.15) is 0 Å². The Labute approximate surface area is 118 Å². The van der Waals surface area contributed by atoms with Gasteiger partial charge in [0, 0.05) is 10.4 Å². The number of hydrogen-bond acceptors (Lipinski definition) is 7. The summed E-state index contributed by atoms with van der Waals surface area (Å²) < 4.78 is 66.9. The Hall–Kier alpha value is 0.957. The second-order valence-electron chi connectivity index (χ2n) is 0.836. The van der Waals surface area contributed by atoms with Gasteiger partial charge in [0.25, 0.3) is 0 Å². The smallest absolute Gasteiger partial charge is 0.759 e. The molecule has 9 N–H and O–H groups in total. The normalized spacial score (nSPS) is 7.73. The second kappa shape index (κ2) is 17.4. The maximum absolute atomic E-state index is 8.63. The van der Waals surface area contributed by atoms with Gasteiger partial charge < -0.3 is 35.6 Å². The predicted molar refractivity (Wildman–Crippen MR) is 37.3 cm³/mol. The SMILES string of the molecule is O.O.O.O.O=S(=O)([O-])O.O=S(=O)([O-])[O-].[Ce+3]. The van der Waals surface area contributed by atoms with Crippen molar-refractivity contribution in [2.75, 3.05) is 0 Å². The van der Waals surface area contributed by atoms with Gasteiger partial charge in [0.2, 0.25) is 10.4 Å². The largest absolute Gasteiger partial charge is 3.00 e. The van der Waals surface area contributed by atoms with Crippen LogP contribution in [0.4, 0.5) is 0 Å². The van der Waals surface area contributed by atoms with Crippen LogP contribution < -0.4 is 0 Å². The molecule has 1 radical (unpaired) electrons. The first-order valence-corrected chi connectivity index (χ1v) is 4.05. The van der Waals surface area contributed by atoms with E-state index < -0.39 is 20.8 Å². The number of hydrogen-bond donors (Lipinski definition) is 1.